The Kier molecular flexibility index (Phi) is 11.7. The molecule has 48 heavy (non-hydrogen) atoms. The number of rotatable bonds is 9. The highest BCUT2D eigenvalue weighted by Gasteiger charge is 2.45. The topological polar surface area (TPSA) is 36.0 Å². The average Bonchev–Trinajstić information content (AvgIpc) is 3.27. The number of halogens is 6. The second kappa shape index (κ2) is 15.4. The van der Waals surface area contributed by atoms with E-state index in [9.17, 15) is 31.1 Å². The zero-order valence-electron chi connectivity index (χ0n) is 28.1. The molecule has 0 aliphatic carbocycles. The van der Waals surface area contributed by atoms with Crippen molar-refractivity contribution >= 4 is 5.91 Å². The molecule has 0 N–H and O–H groups in total. The lowest BCUT2D eigenvalue weighted by Gasteiger charge is -2.42. The molecule has 5 rings (SSSR count). The average molecular weight is 682 g/mol. The Morgan fingerprint density at radius 1 is 0.854 bits per heavy atom. The lowest BCUT2D eigenvalue weighted by Crippen LogP contribution is -2.48. The van der Waals surface area contributed by atoms with Gasteiger partial charge in [-0.2, -0.15) is 26.3 Å². The first-order valence-corrected chi connectivity index (χ1v) is 17.5. The van der Waals surface area contributed by atoms with Crippen LogP contribution < -0.4 is 4.74 Å². The molecule has 2 aromatic carbocycles. The van der Waals surface area contributed by atoms with Crippen molar-refractivity contribution in [1.29, 1.82) is 0 Å². The molecular formula is C37H49F6N3O2. The highest BCUT2D eigenvalue weighted by Crippen LogP contribution is 2.45. The van der Waals surface area contributed by atoms with E-state index in [2.05, 4.69) is 9.80 Å². The van der Waals surface area contributed by atoms with Gasteiger partial charge in [-0.05, 0) is 127 Å². The van der Waals surface area contributed by atoms with Crippen LogP contribution in [0, 0.1) is 0 Å². The summed E-state index contributed by atoms with van der Waals surface area (Å²) in [6.45, 7) is 9.02. The monoisotopic (exact) mass is 681 g/mol. The minimum Gasteiger partial charge on any atom is -0.491 e. The molecule has 0 spiro atoms. The quantitative estimate of drug-likeness (QED) is 0.250. The van der Waals surface area contributed by atoms with Crippen molar-refractivity contribution in [2.45, 2.75) is 108 Å². The van der Waals surface area contributed by atoms with E-state index in [4.69, 9.17) is 4.74 Å². The Balaban J connectivity index is 1.40. The number of hydrogen-bond acceptors (Lipinski definition) is 4. The summed E-state index contributed by atoms with van der Waals surface area (Å²) >= 11 is 0. The Bertz CT molecular complexity index is 1370. The summed E-state index contributed by atoms with van der Waals surface area (Å²) in [6.07, 6.45) is -2.24. The summed E-state index contributed by atoms with van der Waals surface area (Å²) in [4.78, 5) is 20.5. The van der Waals surface area contributed by atoms with Crippen molar-refractivity contribution < 1.29 is 35.9 Å². The predicted molar refractivity (Wildman–Crippen MR) is 174 cm³/mol. The van der Waals surface area contributed by atoms with Gasteiger partial charge in [-0.15, -0.1) is 0 Å². The lowest BCUT2D eigenvalue weighted by molar-refractivity contribution is -0.162. The molecule has 2 aromatic rings. The van der Waals surface area contributed by atoms with Crippen LogP contribution in [-0.2, 0) is 29.0 Å². The number of hydrogen-bond donors (Lipinski definition) is 0. The summed E-state index contributed by atoms with van der Waals surface area (Å²) in [6, 6.07) is 10.4. The SMILES string of the molecule is CC(C)Oc1cccc(CC(=O)N2CCCC[C@@](CCN3CCC(N4CCCCC4)CC3)(c3ccc(C(F)(F)F)c(C(F)(F)F)c3)C2)c1. The Hall–Kier alpha value is -2.79. The van der Waals surface area contributed by atoms with E-state index in [-0.39, 0.29) is 30.5 Å². The van der Waals surface area contributed by atoms with Crippen LogP contribution in [0.5, 0.6) is 5.75 Å². The molecule has 0 bridgehead atoms. The maximum absolute atomic E-state index is 14.2. The van der Waals surface area contributed by atoms with Crippen LogP contribution in [0.4, 0.5) is 26.3 Å². The molecule has 3 fully saturated rings. The number of carbonyl (C=O) groups excluding carboxylic acids is 1. The maximum atomic E-state index is 14.2. The second-order valence-corrected chi connectivity index (χ2v) is 14.2. The molecule has 5 nitrogen and oxygen atoms in total. The normalized spacial score (nSPS) is 22.6. The third-order valence-corrected chi connectivity index (χ3v) is 10.4. The number of carbonyl (C=O) groups is 1. The molecule has 3 aliphatic heterocycles. The second-order valence-electron chi connectivity index (χ2n) is 14.2. The van der Waals surface area contributed by atoms with Gasteiger partial charge >= 0.3 is 12.4 Å². The van der Waals surface area contributed by atoms with E-state index in [0.717, 1.165) is 44.6 Å². The molecule has 0 saturated carbocycles. The van der Waals surface area contributed by atoms with Crippen LogP contribution in [0.3, 0.4) is 0 Å². The molecule has 3 saturated heterocycles. The van der Waals surface area contributed by atoms with E-state index in [1.165, 1.54) is 25.3 Å². The van der Waals surface area contributed by atoms with Crippen LogP contribution in [-0.4, -0.2) is 78.6 Å². The summed E-state index contributed by atoms with van der Waals surface area (Å²) in [5.74, 6) is 0.488. The van der Waals surface area contributed by atoms with Crippen molar-refractivity contribution in [3.05, 3.63) is 64.7 Å². The van der Waals surface area contributed by atoms with E-state index in [0.29, 0.717) is 62.7 Å². The zero-order valence-corrected chi connectivity index (χ0v) is 28.1. The van der Waals surface area contributed by atoms with Gasteiger partial charge in [0.1, 0.15) is 5.75 Å². The number of nitrogens with zero attached hydrogens (tertiary/aromatic N) is 3. The van der Waals surface area contributed by atoms with E-state index in [1.54, 1.807) is 4.90 Å². The number of amides is 1. The first-order valence-electron chi connectivity index (χ1n) is 17.5. The predicted octanol–water partition coefficient (Wildman–Crippen LogP) is 8.34. The highest BCUT2D eigenvalue weighted by atomic mass is 19.4. The molecule has 266 valence electrons. The minimum absolute atomic E-state index is 0.0388. The fourth-order valence-corrected chi connectivity index (χ4v) is 7.89. The van der Waals surface area contributed by atoms with Crippen molar-refractivity contribution in [3.63, 3.8) is 0 Å². The summed E-state index contributed by atoms with van der Waals surface area (Å²) in [5.41, 5.74) is -3.30. The maximum Gasteiger partial charge on any atom is 0.417 e. The molecule has 1 amide bonds. The van der Waals surface area contributed by atoms with Crippen LogP contribution in [0.1, 0.15) is 93.9 Å². The number of benzene rings is 2. The van der Waals surface area contributed by atoms with Crippen LogP contribution in [0.15, 0.2) is 42.5 Å². The molecule has 1 atom stereocenters. The first kappa shape index (κ1) is 36.5. The standard InChI is InChI=1S/C37H49F6N3O2/c1-27(2)48-31-10-8-9-28(23-31)24-34(47)46-19-7-4-15-35(26-46,29-11-12-32(36(38,39)40)33(25-29)37(41,42)43)16-22-44-20-13-30(14-21-44)45-17-5-3-6-18-45/h8-12,23,25,27,30H,3-7,13-22,24,26H2,1-2H3/t35-/m0/s1. The molecule has 11 heteroatoms. The van der Waals surface area contributed by atoms with Crippen molar-refractivity contribution in [1.82, 2.24) is 14.7 Å². The lowest BCUT2D eigenvalue weighted by atomic mass is 9.72. The van der Waals surface area contributed by atoms with Gasteiger partial charge in [0.15, 0.2) is 0 Å². The third kappa shape index (κ3) is 9.25. The highest BCUT2D eigenvalue weighted by molar-refractivity contribution is 5.79. The van der Waals surface area contributed by atoms with Gasteiger partial charge in [0, 0.05) is 24.5 Å². The Labute approximate surface area is 280 Å². The van der Waals surface area contributed by atoms with Crippen molar-refractivity contribution in [2.24, 2.45) is 0 Å². The van der Waals surface area contributed by atoms with Gasteiger partial charge in [-0.3, -0.25) is 4.79 Å². The van der Waals surface area contributed by atoms with Gasteiger partial charge in [-0.25, -0.2) is 0 Å². The van der Waals surface area contributed by atoms with E-state index >= 15 is 0 Å². The van der Waals surface area contributed by atoms with Gasteiger partial charge in [-0.1, -0.05) is 31.0 Å². The molecule has 3 heterocycles. The van der Waals surface area contributed by atoms with Crippen LogP contribution in [0.2, 0.25) is 0 Å². The van der Waals surface area contributed by atoms with E-state index in [1.807, 2.05) is 38.1 Å². The fraction of sp³-hybridized carbons (Fsp3) is 0.649. The van der Waals surface area contributed by atoms with Gasteiger partial charge < -0.3 is 19.4 Å². The summed E-state index contributed by atoms with van der Waals surface area (Å²) in [5, 5.41) is 0. The number of ether oxygens (including phenoxy) is 1. The van der Waals surface area contributed by atoms with Crippen LogP contribution >= 0.6 is 0 Å². The molecule has 3 aliphatic rings. The van der Waals surface area contributed by atoms with Crippen LogP contribution in [0.25, 0.3) is 0 Å². The fourth-order valence-electron chi connectivity index (χ4n) is 7.89. The van der Waals surface area contributed by atoms with E-state index < -0.39 is 28.9 Å². The smallest absolute Gasteiger partial charge is 0.417 e. The van der Waals surface area contributed by atoms with Crippen molar-refractivity contribution in [3.8, 4) is 5.75 Å². The largest absolute Gasteiger partial charge is 0.491 e. The van der Waals surface area contributed by atoms with Gasteiger partial charge in [0.05, 0.1) is 23.7 Å². The van der Waals surface area contributed by atoms with Gasteiger partial charge in [0.25, 0.3) is 0 Å². The van der Waals surface area contributed by atoms with Gasteiger partial charge in [0.2, 0.25) is 5.91 Å². The molecule has 0 radical (unpaired) electrons. The number of likely N-dealkylation sites (tertiary alicyclic amines) is 3. The third-order valence-electron chi connectivity index (χ3n) is 10.4. The molecular weight excluding hydrogens is 632 g/mol. The Morgan fingerprint density at radius 2 is 1.54 bits per heavy atom. The molecule has 0 aromatic heterocycles. The number of piperidine rings is 2. The Morgan fingerprint density at radius 3 is 2.21 bits per heavy atom. The first-order chi connectivity index (χ1) is 22.7. The summed E-state index contributed by atoms with van der Waals surface area (Å²) < 4.78 is 89.6. The molecule has 0 unspecified atom stereocenters. The minimum atomic E-state index is -5.18. The number of alkyl halides is 6. The zero-order chi connectivity index (χ0) is 34.5. The van der Waals surface area contributed by atoms with Crippen molar-refractivity contribution in [2.75, 3.05) is 45.8 Å². The summed E-state index contributed by atoms with van der Waals surface area (Å²) in [7, 11) is 0.